The molecular weight excluding hydrogens is 501 g/mol. The summed E-state index contributed by atoms with van der Waals surface area (Å²) in [5.74, 6) is -1.75. The van der Waals surface area contributed by atoms with Crippen molar-refractivity contribution in [1.29, 1.82) is 0 Å². The minimum Gasteiger partial charge on any atom is -0.488 e. The number of anilines is 1. The summed E-state index contributed by atoms with van der Waals surface area (Å²) in [7, 11) is 0. The van der Waals surface area contributed by atoms with Gasteiger partial charge in [0, 0.05) is 15.7 Å². The van der Waals surface area contributed by atoms with Gasteiger partial charge in [-0.3, -0.25) is 9.59 Å². The molecule has 0 radical (unpaired) electrons. The topological polar surface area (TPSA) is 79.8 Å². The summed E-state index contributed by atoms with van der Waals surface area (Å²) in [4.78, 5) is 24.2. The average Bonchev–Trinajstić information content (AvgIpc) is 2.84. The third-order valence-corrected chi connectivity index (χ3v) is 5.38. The van der Waals surface area contributed by atoms with Crippen molar-refractivity contribution in [3.63, 3.8) is 0 Å². The highest BCUT2D eigenvalue weighted by Crippen LogP contribution is 2.27. The number of fused-ring (bicyclic) bond motifs is 1. The first-order chi connectivity index (χ1) is 16.5. The molecule has 0 heterocycles. The Kier molecular flexibility index (Phi) is 7.29. The standard InChI is InChI=1S/C26H19BrFN3O3/c27-19-6-3-4-17(14-19)16-34-24-13-8-18-5-1-2-7-22(18)23(24)15-29-31-26(33)25(32)30-21-11-9-20(28)10-12-21/h1-15H,16H2,(H,30,32)(H,31,33)/b29-15+. The Balaban J connectivity index is 1.50. The van der Waals surface area contributed by atoms with E-state index in [-0.39, 0.29) is 0 Å². The summed E-state index contributed by atoms with van der Waals surface area (Å²) in [6.07, 6.45) is 1.45. The molecule has 8 heteroatoms. The maximum atomic E-state index is 13.0. The quantitative estimate of drug-likeness (QED) is 0.203. The van der Waals surface area contributed by atoms with Crippen molar-refractivity contribution in [3.8, 4) is 5.75 Å². The fourth-order valence-electron chi connectivity index (χ4n) is 3.25. The van der Waals surface area contributed by atoms with Crippen molar-refractivity contribution in [2.24, 2.45) is 5.10 Å². The summed E-state index contributed by atoms with van der Waals surface area (Å²) in [6, 6.07) is 24.3. The van der Waals surface area contributed by atoms with Crippen LogP contribution >= 0.6 is 15.9 Å². The fraction of sp³-hybridized carbons (Fsp3) is 0.0385. The summed E-state index contributed by atoms with van der Waals surface area (Å²) in [5.41, 5.74) is 4.15. The molecule has 34 heavy (non-hydrogen) atoms. The third-order valence-electron chi connectivity index (χ3n) is 4.88. The number of carbonyl (C=O) groups excluding carboxylic acids is 2. The van der Waals surface area contributed by atoms with Gasteiger partial charge < -0.3 is 10.1 Å². The van der Waals surface area contributed by atoms with Crippen LogP contribution in [0.15, 0.2) is 94.5 Å². The third kappa shape index (κ3) is 5.85. The van der Waals surface area contributed by atoms with Gasteiger partial charge in [-0.25, -0.2) is 9.82 Å². The zero-order chi connectivity index (χ0) is 23.9. The second kappa shape index (κ2) is 10.7. The molecule has 4 aromatic carbocycles. The number of carbonyl (C=O) groups is 2. The van der Waals surface area contributed by atoms with Crippen LogP contribution in [0.25, 0.3) is 10.8 Å². The molecule has 0 saturated heterocycles. The van der Waals surface area contributed by atoms with Gasteiger partial charge in [-0.1, -0.05) is 58.4 Å². The molecule has 0 aromatic heterocycles. The molecule has 0 unspecified atom stereocenters. The molecule has 0 aliphatic heterocycles. The Morgan fingerprint density at radius 3 is 2.53 bits per heavy atom. The van der Waals surface area contributed by atoms with Crippen LogP contribution in [0.5, 0.6) is 5.75 Å². The number of hydrogen-bond acceptors (Lipinski definition) is 4. The molecule has 2 N–H and O–H groups in total. The maximum absolute atomic E-state index is 13.0. The predicted molar refractivity (Wildman–Crippen MR) is 133 cm³/mol. The Morgan fingerprint density at radius 1 is 0.941 bits per heavy atom. The second-order valence-corrected chi connectivity index (χ2v) is 8.19. The number of nitrogens with zero attached hydrogens (tertiary/aromatic N) is 1. The van der Waals surface area contributed by atoms with Crippen LogP contribution < -0.4 is 15.5 Å². The Hall–Kier alpha value is -4.04. The van der Waals surface area contributed by atoms with E-state index in [0.717, 1.165) is 20.8 Å². The molecule has 0 aliphatic rings. The van der Waals surface area contributed by atoms with E-state index in [9.17, 15) is 14.0 Å². The first-order valence-electron chi connectivity index (χ1n) is 10.3. The lowest BCUT2D eigenvalue weighted by atomic mass is 10.0. The molecule has 0 atom stereocenters. The molecule has 0 saturated carbocycles. The smallest absolute Gasteiger partial charge is 0.329 e. The van der Waals surface area contributed by atoms with E-state index in [4.69, 9.17) is 4.74 Å². The zero-order valence-corrected chi connectivity index (χ0v) is 19.4. The highest BCUT2D eigenvalue weighted by Gasteiger charge is 2.13. The van der Waals surface area contributed by atoms with Crippen LogP contribution in [-0.2, 0) is 16.2 Å². The van der Waals surface area contributed by atoms with Gasteiger partial charge in [0.05, 0.1) is 6.21 Å². The number of halogens is 2. The summed E-state index contributed by atoms with van der Waals surface area (Å²) < 4.78 is 20.0. The summed E-state index contributed by atoms with van der Waals surface area (Å²) in [6.45, 7) is 0.338. The lowest BCUT2D eigenvalue weighted by Crippen LogP contribution is -2.32. The van der Waals surface area contributed by atoms with E-state index in [1.807, 2.05) is 60.7 Å². The fourth-order valence-corrected chi connectivity index (χ4v) is 3.70. The van der Waals surface area contributed by atoms with Crippen LogP contribution in [0.4, 0.5) is 10.1 Å². The lowest BCUT2D eigenvalue weighted by molar-refractivity contribution is -0.136. The van der Waals surface area contributed by atoms with Gasteiger partial charge in [-0.2, -0.15) is 5.10 Å². The molecule has 0 spiro atoms. The Labute approximate surface area is 203 Å². The van der Waals surface area contributed by atoms with Gasteiger partial charge in [0.1, 0.15) is 18.2 Å². The molecule has 4 aromatic rings. The van der Waals surface area contributed by atoms with Crippen LogP contribution in [0.2, 0.25) is 0 Å². The van der Waals surface area contributed by atoms with E-state index in [1.54, 1.807) is 0 Å². The van der Waals surface area contributed by atoms with Gasteiger partial charge in [-0.05, 0) is 58.8 Å². The normalized spacial score (nSPS) is 10.9. The minimum absolute atomic E-state index is 0.294. The van der Waals surface area contributed by atoms with E-state index >= 15 is 0 Å². The van der Waals surface area contributed by atoms with Crippen molar-refractivity contribution in [1.82, 2.24) is 5.43 Å². The molecule has 170 valence electrons. The molecule has 0 fully saturated rings. The van der Waals surface area contributed by atoms with Gasteiger partial charge in [0.25, 0.3) is 0 Å². The highest BCUT2D eigenvalue weighted by molar-refractivity contribution is 9.10. The minimum atomic E-state index is -0.961. The molecular formula is C26H19BrFN3O3. The maximum Gasteiger partial charge on any atom is 0.329 e. The second-order valence-electron chi connectivity index (χ2n) is 7.28. The van der Waals surface area contributed by atoms with Gasteiger partial charge in [0.2, 0.25) is 0 Å². The molecule has 0 aliphatic carbocycles. The molecule has 6 nitrogen and oxygen atoms in total. The summed E-state index contributed by atoms with van der Waals surface area (Å²) >= 11 is 3.45. The van der Waals surface area contributed by atoms with Gasteiger partial charge >= 0.3 is 11.8 Å². The molecule has 4 rings (SSSR count). The van der Waals surface area contributed by atoms with E-state index in [0.29, 0.717) is 23.6 Å². The average molecular weight is 520 g/mol. The lowest BCUT2D eigenvalue weighted by Gasteiger charge is -2.12. The summed E-state index contributed by atoms with van der Waals surface area (Å²) in [5, 5.41) is 8.20. The predicted octanol–water partition coefficient (Wildman–Crippen LogP) is 5.41. The van der Waals surface area contributed by atoms with Crippen LogP contribution in [-0.4, -0.2) is 18.0 Å². The van der Waals surface area contributed by atoms with Crippen LogP contribution in [0, 0.1) is 5.82 Å². The van der Waals surface area contributed by atoms with E-state index in [1.165, 1.54) is 30.5 Å². The van der Waals surface area contributed by atoms with Crippen molar-refractivity contribution in [2.75, 3.05) is 5.32 Å². The largest absolute Gasteiger partial charge is 0.488 e. The van der Waals surface area contributed by atoms with E-state index < -0.39 is 17.6 Å². The molecule has 0 bridgehead atoms. The van der Waals surface area contributed by atoms with Crippen molar-refractivity contribution in [3.05, 3.63) is 106 Å². The van der Waals surface area contributed by atoms with Crippen LogP contribution in [0.1, 0.15) is 11.1 Å². The van der Waals surface area contributed by atoms with Gasteiger partial charge in [-0.15, -0.1) is 0 Å². The number of benzene rings is 4. The number of hydrogen-bond donors (Lipinski definition) is 2. The van der Waals surface area contributed by atoms with Crippen molar-refractivity contribution >= 4 is 50.4 Å². The van der Waals surface area contributed by atoms with E-state index in [2.05, 4.69) is 31.8 Å². The number of hydrazone groups is 1. The first-order valence-corrected chi connectivity index (χ1v) is 11.1. The molecule has 2 amide bonds. The van der Waals surface area contributed by atoms with Gasteiger partial charge in [0.15, 0.2) is 0 Å². The van der Waals surface area contributed by atoms with Crippen LogP contribution in [0.3, 0.4) is 0 Å². The zero-order valence-electron chi connectivity index (χ0n) is 17.8. The number of nitrogens with one attached hydrogen (secondary N) is 2. The monoisotopic (exact) mass is 519 g/mol. The first kappa shape index (κ1) is 23.1. The number of ether oxygens (including phenoxy) is 1. The number of amides is 2. The Bertz CT molecular complexity index is 1370. The highest BCUT2D eigenvalue weighted by atomic mass is 79.9. The number of rotatable bonds is 6. The van der Waals surface area contributed by atoms with Crippen molar-refractivity contribution in [2.45, 2.75) is 6.61 Å². The van der Waals surface area contributed by atoms with Crippen molar-refractivity contribution < 1.29 is 18.7 Å². The SMILES string of the molecule is O=C(N/N=C/c1c(OCc2cccc(Br)c2)ccc2ccccc12)C(=O)Nc1ccc(F)cc1. The Morgan fingerprint density at radius 2 is 1.74 bits per heavy atom.